The van der Waals surface area contributed by atoms with Crippen LogP contribution in [0.15, 0.2) is 0 Å². The van der Waals surface area contributed by atoms with E-state index < -0.39 is 0 Å². The zero-order chi connectivity index (χ0) is 14.7. The molecule has 0 aromatic heterocycles. The van der Waals surface area contributed by atoms with Gasteiger partial charge in [-0.2, -0.15) is 0 Å². The molecule has 3 fully saturated rings. The van der Waals surface area contributed by atoms with E-state index in [4.69, 9.17) is 4.74 Å². The van der Waals surface area contributed by atoms with Crippen LogP contribution in [0.2, 0.25) is 0 Å². The molecule has 0 aromatic carbocycles. The molecule has 2 saturated heterocycles. The van der Waals surface area contributed by atoms with Crippen molar-refractivity contribution in [2.24, 2.45) is 5.92 Å². The molecule has 3 rings (SSSR count). The Bertz CT molecular complexity index is 325. The van der Waals surface area contributed by atoms with Gasteiger partial charge in [0.15, 0.2) is 0 Å². The first-order chi connectivity index (χ1) is 10.2. The molecule has 3 atom stereocenters. The molecule has 1 saturated carbocycles. The van der Waals surface area contributed by atoms with Crippen LogP contribution in [0.4, 0.5) is 0 Å². The van der Waals surface area contributed by atoms with E-state index in [1.54, 1.807) is 0 Å². The summed E-state index contributed by atoms with van der Waals surface area (Å²) in [4.78, 5) is 2.83. The van der Waals surface area contributed by atoms with Crippen LogP contribution in [0.25, 0.3) is 0 Å². The van der Waals surface area contributed by atoms with Gasteiger partial charge in [0.25, 0.3) is 0 Å². The van der Waals surface area contributed by atoms with Crippen LogP contribution in [-0.2, 0) is 4.74 Å². The molecule has 2 aliphatic heterocycles. The zero-order valence-electron chi connectivity index (χ0n) is 14.1. The molecule has 0 radical (unpaired) electrons. The van der Waals surface area contributed by atoms with E-state index in [0.29, 0.717) is 17.7 Å². The van der Waals surface area contributed by atoms with E-state index in [1.807, 2.05) is 0 Å². The van der Waals surface area contributed by atoms with Crippen LogP contribution in [0.3, 0.4) is 0 Å². The molecule has 0 amide bonds. The van der Waals surface area contributed by atoms with E-state index in [-0.39, 0.29) is 0 Å². The van der Waals surface area contributed by atoms with Crippen LogP contribution in [0.5, 0.6) is 0 Å². The molecule has 0 spiro atoms. The highest BCUT2D eigenvalue weighted by Crippen LogP contribution is 2.44. The van der Waals surface area contributed by atoms with Crippen molar-refractivity contribution in [1.82, 2.24) is 10.2 Å². The maximum atomic E-state index is 5.78. The summed E-state index contributed by atoms with van der Waals surface area (Å²) in [6.45, 7) is 9.53. The molecule has 0 aromatic rings. The maximum Gasteiger partial charge on any atom is 0.0576 e. The standard InChI is InChI=1S/C18H34N2O/c1-3-6-16-13-20(11-4-7-17-8-5-12-21-17)18(2,14-19-16)15-9-10-15/h15-17,19H,3-14H2,1-2H3. The molecule has 2 heterocycles. The molecular weight excluding hydrogens is 260 g/mol. The van der Waals surface area contributed by atoms with Crippen LogP contribution in [0.1, 0.15) is 65.2 Å². The van der Waals surface area contributed by atoms with Gasteiger partial charge in [-0.3, -0.25) is 4.90 Å². The summed E-state index contributed by atoms with van der Waals surface area (Å²) in [5.74, 6) is 0.940. The first-order valence-electron chi connectivity index (χ1n) is 9.32. The lowest BCUT2D eigenvalue weighted by Crippen LogP contribution is -2.64. The summed E-state index contributed by atoms with van der Waals surface area (Å²) in [7, 11) is 0. The van der Waals surface area contributed by atoms with Crippen molar-refractivity contribution in [1.29, 1.82) is 0 Å². The lowest BCUT2D eigenvalue weighted by molar-refractivity contribution is 0.0265. The number of ether oxygens (including phenoxy) is 1. The van der Waals surface area contributed by atoms with Gasteiger partial charge in [-0.15, -0.1) is 0 Å². The molecule has 122 valence electrons. The third kappa shape index (κ3) is 3.80. The van der Waals surface area contributed by atoms with Gasteiger partial charge in [0, 0.05) is 31.3 Å². The van der Waals surface area contributed by atoms with Gasteiger partial charge in [-0.25, -0.2) is 0 Å². The highest BCUT2D eigenvalue weighted by atomic mass is 16.5. The Hall–Kier alpha value is -0.120. The van der Waals surface area contributed by atoms with Crippen LogP contribution in [0, 0.1) is 5.92 Å². The summed E-state index contributed by atoms with van der Waals surface area (Å²) in [6.07, 6.45) is 11.2. The third-order valence-electron chi connectivity index (χ3n) is 5.98. The quantitative estimate of drug-likeness (QED) is 0.780. The van der Waals surface area contributed by atoms with Crippen molar-refractivity contribution in [3.63, 3.8) is 0 Å². The fourth-order valence-electron chi connectivity index (χ4n) is 4.38. The summed E-state index contributed by atoms with van der Waals surface area (Å²) in [5.41, 5.74) is 0.417. The van der Waals surface area contributed by atoms with Gasteiger partial charge in [-0.1, -0.05) is 13.3 Å². The molecule has 21 heavy (non-hydrogen) atoms. The third-order valence-corrected chi connectivity index (χ3v) is 5.98. The van der Waals surface area contributed by atoms with Gasteiger partial charge in [0.1, 0.15) is 0 Å². The van der Waals surface area contributed by atoms with Gasteiger partial charge in [0.05, 0.1) is 6.10 Å². The van der Waals surface area contributed by atoms with Crippen molar-refractivity contribution in [3.8, 4) is 0 Å². The fraction of sp³-hybridized carbons (Fsp3) is 1.00. The molecule has 1 N–H and O–H groups in total. The molecule has 3 unspecified atom stereocenters. The smallest absolute Gasteiger partial charge is 0.0576 e. The van der Waals surface area contributed by atoms with E-state index >= 15 is 0 Å². The lowest BCUT2D eigenvalue weighted by Gasteiger charge is -2.49. The molecule has 3 heteroatoms. The second-order valence-corrected chi connectivity index (χ2v) is 7.72. The predicted molar refractivity (Wildman–Crippen MR) is 87.6 cm³/mol. The van der Waals surface area contributed by atoms with Crippen LogP contribution in [-0.4, -0.2) is 48.8 Å². The first-order valence-corrected chi connectivity index (χ1v) is 9.32. The van der Waals surface area contributed by atoms with Crippen molar-refractivity contribution >= 4 is 0 Å². The average Bonchev–Trinajstić information content (AvgIpc) is 3.22. The average molecular weight is 294 g/mol. The van der Waals surface area contributed by atoms with Gasteiger partial charge < -0.3 is 10.1 Å². The minimum Gasteiger partial charge on any atom is -0.378 e. The Morgan fingerprint density at radius 1 is 1.24 bits per heavy atom. The number of nitrogens with zero attached hydrogens (tertiary/aromatic N) is 1. The largest absolute Gasteiger partial charge is 0.378 e. The summed E-state index contributed by atoms with van der Waals surface area (Å²) in [5, 5.41) is 3.83. The highest BCUT2D eigenvalue weighted by Gasteiger charge is 2.47. The van der Waals surface area contributed by atoms with Crippen molar-refractivity contribution in [2.75, 3.05) is 26.2 Å². The monoisotopic (exact) mass is 294 g/mol. The van der Waals surface area contributed by atoms with Crippen LogP contribution < -0.4 is 5.32 Å². The minimum absolute atomic E-state index is 0.417. The second kappa shape index (κ2) is 6.97. The zero-order valence-corrected chi connectivity index (χ0v) is 14.1. The van der Waals surface area contributed by atoms with E-state index in [0.717, 1.165) is 12.5 Å². The number of hydrogen-bond acceptors (Lipinski definition) is 3. The SMILES string of the molecule is CCCC1CN(CCCC2CCCO2)C(C)(C2CC2)CN1. The molecule has 3 nitrogen and oxygen atoms in total. The molecule has 3 aliphatic rings. The Labute approximate surface area is 130 Å². The normalized spacial score (nSPS) is 38.0. The predicted octanol–water partition coefficient (Wildman–Crippen LogP) is 3.19. The second-order valence-electron chi connectivity index (χ2n) is 7.72. The first kappa shape index (κ1) is 15.8. The fourth-order valence-corrected chi connectivity index (χ4v) is 4.38. The van der Waals surface area contributed by atoms with Gasteiger partial charge in [-0.05, 0) is 64.3 Å². The van der Waals surface area contributed by atoms with Crippen LogP contribution >= 0.6 is 0 Å². The summed E-state index contributed by atoms with van der Waals surface area (Å²) in [6, 6.07) is 0.713. The lowest BCUT2D eigenvalue weighted by atomic mass is 9.88. The molecular formula is C18H34N2O. The van der Waals surface area contributed by atoms with E-state index in [9.17, 15) is 0 Å². The van der Waals surface area contributed by atoms with Crippen molar-refractivity contribution < 1.29 is 4.74 Å². The summed E-state index contributed by atoms with van der Waals surface area (Å²) < 4.78 is 5.78. The Morgan fingerprint density at radius 3 is 2.76 bits per heavy atom. The maximum absolute atomic E-state index is 5.78. The van der Waals surface area contributed by atoms with Gasteiger partial charge in [0.2, 0.25) is 0 Å². The number of hydrogen-bond donors (Lipinski definition) is 1. The van der Waals surface area contributed by atoms with Gasteiger partial charge >= 0.3 is 0 Å². The van der Waals surface area contributed by atoms with Crippen molar-refractivity contribution in [3.05, 3.63) is 0 Å². The highest BCUT2D eigenvalue weighted by molar-refractivity contribution is 5.04. The Balaban J connectivity index is 1.51. The van der Waals surface area contributed by atoms with E-state index in [1.165, 1.54) is 71.0 Å². The molecule has 1 aliphatic carbocycles. The molecule has 0 bridgehead atoms. The topological polar surface area (TPSA) is 24.5 Å². The minimum atomic E-state index is 0.417. The number of rotatable bonds is 7. The Kier molecular flexibility index (Phi) is 5.23. The number of piperazine rings is 1. The summed E-state index contributed by atoms with van der Waals surface area (Å²) >= 11 is 0. The van der Waals surface area contributed by atoms with E-state index in [2.05, 4.69) is 24.1 Å². The Morgan fingerprint density at radius 2 is 2.10 bits per heavy atom. The van der Waals surface area contributed by atoms with Crippen molar-refractivity contribution in [2.45, 2.75) is 82.9 Å². The number of nitrogens with one attached hydrogen (secondary N) is 1.